The van der Waals surface area contributed by atoms with Crippen molar-refractivity contribution >= 4 is 57.5 Å². The fraction of sp³-hybridized carbons (Fsp3) is 0.250. The van der Waals surface area contributed by atoms with Crippen molar-refractivity contribution in [1.82, 2.24) is 20.1 Å². The average Bonchev–Trinajstić information content (AvgIpc) is 3.49. The van der Waals surface area contributed by atoms with Crippen molar-refractivity contribution in [1.29, 1.82) is 0 Å². The number of Topliss-reactive ketones (excluding diaryl/α,β-unsaturated/α-hetero) is 1. The van der Waals surface area contributed by atoms with Gasteiger partial charge in [-0.1, -0.05) is 83.4 Å². The summed E-state index contributed by atoms with van der Waals surface area (Å²) in [5.74, 6) is 0.438. The van der Waals surface area contributed by atoms with Crippen LogP contribution in [0, 0.1) is 0 Å². The second kappa shape index (κ2) is 11.0. The Kier molecular flexibility index (Phi) is 7.85. The van der Waals surface area contributed by atoms with Crippen LogP contribution in [0.1, 0.15) is 35.0 Å². The third-order valence-electron chi connectivity index (χ3n) is 5.24. The van der Waals surface area contributed by atoms with E-state index in [0.717, 1.165) is 20.8 Å². The second-order valence-electron chi connectivity index (χ2n) is 7.21. The van der Waals surface area contributed by atoms with Crippen molar-refractivity contribution in [3.63, 3.8) is 0 Å². The molecule has 0 bridgehead atoms. The van der Waals surface area contributed by atoms with Crippen molar-refractivity contribution in [3.05, 3.63) is 71.9 Å². The van der Waals surface area contributed by atoms with E-state index in [2.05, 4.69) is 15.2 Å². The Morgan fingerprint density at radius 2 is 1.70 bits per heavy atom. The van der Waals surface area contributed by atoms with Gasteiger partial charge in [-0.25, -0.2) is 0 Å². The van der Waals surface area contributed by atoms with Crippen LogP contribution in [0.4, 0.5) is 0 Å². The summed E-state index contributed by atoms with van der Waals surface area (Å²) in [7, 11) is 0. The maximum absolute atomic E-state index is 13.6. The molecule has 0 aliphatic carbocycles. The molecule has 0 radical (unpaired) electrons. The molecular weight excluding hydrogens is 472 g/mol. The molecule has 4 aromatic rings. The molecule has 33 heavy (non-hydrogen) atoms. The topological polar surface area (TPSA) is 79.0 Å². The van der Waals surface area contributed by atoms with Crippen LogP contribution in [0.2, 0.25) is 0 Å². The molecule has 6 nitrogen and oxygen atoms in total. The monoisotopic (exact) mass is 496 g/mol. The average molecular weight is 497 g/mol. The van der Waals surface area contributed by atoms with Crippen LogP contribution in [0.15, 0.2) is 69.5 Å². The fourth-order valence-electron chi connectivity index (χ4n) is 3.51. The Morgan fingerprint density at radius 1 is 1.00 bits per heavy atom. The number of nitrogens with one attached hydrogen (secondary N) is 1. The van der Waals surface area contributed by atoms with Gasteiger partial charge in [-0.15, -0.1) is 10.2 Å². The van der Waals surface area contributed by atoms with Crippen LogP contribution in [0.3, 0.4) is 0 Å². The molecular formula is C24H24N4O2S3. The molecule has 1 amide bonds. The van der Waals surface area contributed by atoms with Crippen LogP contribution in [0.25, 0.3) is 10.9 Å². The quantitative estimate of drug-likeness (QED) is 0.224. The van der Waals surface area contributed by atoms with Crippen molar-refractivity contribution in [2.45, 2.75) is 27.8 Å². The van der Waals surface area contributed by atoms with Gasteiger partial charge in [0.2, 0.25) is 5.91 Å². The molecule has 0 saturated carbocycles. The lowest BCUT2D eigenvalue weighted by atomic mass is 10.0. The summed E-state index contributed by atoms with van der Waals surface area (Å²) in [4.78, 5) is 30.9. The lowest BCUT2D eigenvalue weighted by Gasteiger charge is -2.17. The fourth-order valence-corrected chi connectivity index (χ4v) is 6.70. The Labute approximate surface area is 205 Å². The predicted molar refractivity (Wildman–Crippen MR) is 136 cm³/mol. The molecule has 1 unspecified atom stereocenters. The minimum atomic E-state index is -0.450. The Balaban J connectivity index is 1.54. The van der Waals surface area contributed by atoms with Gasteiger partial charge in [-0.2, -0.15) is 0 Å². The predicted octanol–water partition coefficient (Wildman–Crippen LogP) is 5.70. The molecule has 0 aliphatic heterocycles. The van der Waals surface area contributed by atoms with E-state index in [-0.39, 0.29) is 11.7 Å². The number of hydrogen-bond acceptors (Lipinski definition) is 7. The zero-order valence-corrected chi connectivity index (χ0v) is 20.8. The molecule has 2 aromatic heterocycles. The number of thioether (sulfide) groups is 2. The number of amides is 1. The first kappa shape index (κ1) is 23.5. The number of benzene rings is 2. The number of H-pyrrole nitrogens is 1. The lowest BCUT2D eigenvalue weighted by Crippen LogP contribution is -2.31. The summed E-state index contributed by atoms with van der Waals surface area (Å²) in [6.45, 7) is 5.34. The summed E-state index contributed by atoms with van der Waals surface area (Å²) in [6.07, 6.45) is 1.78. The van der Waals surface area contributed by atoms with Crippen LogP contribution in [-0.2, 0) is 4.79 Å². The van der Waals surface area contributed by atoms with Crippen molar-refractivity contribution in [2.75, 3.05) is 18.8 Å². The number of hydrogen-bond donors (Lipinski definition) is 1. The zero-order chi connectivity index (χ0) is 23.2. The normalized spacial score (nSPS) is 12.1. The molecule has 9 heteroatoms. The number of para-hydroxylation sites is 1. The standard InChI is InChI=1S/C24H24N4O2S3/c1-3-28(4-2)20(29)15-31-23-26-27-24(33-23)32-22(16-10-6-5-7-11-16)21(30)18-14-25-19-13-9-8-12-17(18)19/h5-14,22,25H,3-4,15H2,1-2H3. The number of aromatic amines is 1. The Morgan fingerprint density at radius 3 is 2.45 bits per heavy atom. The molecule has 0 aliphatic rings. The molecule has 1 N–H and O–H groups in total. The van der Waals surface area contributed by atoms with Gasteiger partial charge in [0.1, 0.15) is 5.25 Å². The van der Waals surface area contributed by atoms with Crippen molar-refractivity contribution in [2.24, 2.45) is 0 Å². The summed E-state index contributed by atoms with van der Waals surface area (Å²) < 4.78 is 1.43. The number of fused-ring (bicyclic) bond motifs is 1. The van der Waals surface area contributed by atoms with Gasteiger partial charge in [0.05, 0.1) is 5.75 Å². The SMILES string of the molecule is CCN(CC)C(=O)CSc1nnc(SC(C(=O)c2c[nH]c3ccccc23)c2ccccc2)s1. The van der Waals surface area contributed by atoms with Crippen LogP contribution >= 0.6 is 34.9 Å². The summed E-state index contributed by atoms with van der Waals surface area (Å²) >= 11 is 4.21. The second-order valence-corrected chi connectivity index (χ2v) is 10.8. The third-order valence-corrected chi connectivity index (χ3v) is 8.62. The molecule has 1 atom stereocenters. The number of ketones is 1. The van der Waals surface area contributed by atoms with Crippen LogP contribution in [0.5, 0.6) is 0 Å². The van der Waals surface area contributed by atoms with E-state index in [9.17, 15) is 9.59 Å². The van der Waals surface area contributed by atoms with E-state index in [1.165, 1.54) is 34.9 Å². The number of carbonyl (C=O) groups is 2. The van der Waals surface area contributed by atoms with E-state index in [0.29, 0.717) is 28.7 Å². The van der Waals surface area contributed by atoms with E-state index < -0.39 is 5.25 Å². The molecule has 0 spiro atoms. The Hall–Kier alpha value is -2.62. The molecule has 0 saturated heterocycles. The van der Waals surface area contributed by atoms with Gasteiger partial charge in [0.25, 0.3) is 0 Å². The minimum Gasteiger partial charge on any atom is -0.360 e. The summed E-state index contributed by atoms with van der Waals surface area (Å²) in [5, 5.41) is 9.00. The number of carbonyl (C=O) groups excluding carboxylic acids is 2. The van der Waals surface area contributed by atoms with Crippen molar-refractivity contribution in [3.8, 4) is 0 Å². The van der Waals surface area contributed by atoms with Gasteiger partial charge >= 0.3 is 0 Å². The van der Waals surface area contributed by atoms with Gasteiger partial charge in [0.15, 0.2) is 14.5 Å². The van der Waals surface area contributed by atoms with Crippen LogP contribution in [-0.4, -0.2) is 50.6 Å². The van der Waals surface area contributed by atoms with E-state index in [1.807, 2.05) is 68.4 Å². The maximum Gasteiger partial charge on any atom is 0.233 e. The van der Waals surface area contributed by atoms with Gasteiger partial charge in [-0.3, -0.25) is 9.59 Å². The molecule has 4 rings (SSSR count). The first-order valence-electron chi connectivity index (χ1n) is 10.7. The molecule has 0 fully saturated rings. The molecule has 2 heterocycles. The largest absolute Gasteiger partial charge is 0.360 e. The van der Waals surface area contributed by atoms with Crippen LogP contribution < -0.4 is 0 Å². The highest BCUT2D eigenvalue weighted by atomic mass is 32.2. The molecule has 170 valence electrons. The first-order chi connectivity index (χ1) is 16.1. The maximum atomic E-state index is 13.6. The van der Waals surface area contributed by atoms with E-state index in [1.54, 1.807) is 11.1 Å². The highest BCUT2D eigenvalue weighted by molar-refractivity contribution is 8.04. The highest BCUT2D eigenvalue weighted by Crippen LogP contribution is 2.41. The number of nitrogens with zero attached hydrogens (tertiary/aromatic N) is 3. The lowest BCUT2D eigenvalue weighted by molar-refractivity contribution is -0.127. The van der Waals surface area contributed by atoms with Gasteiger partial charge in [0, 0.05) is 35.8 Å². The van der Waals surface area contributed by atoms with E-state index >= 15 is 0 Å². The Bertz CT molecular complexity index is 1230. The summed E-state index contributed by atoms with van der Waals surface area (Å²) in [5.41, 5.74) is 2.51. The zero-order valence-electron chi connectivity index (χ0n) is 18.4. The number of rotatable bonds is 10. The summed E-state index contributed by atoms with van der Waals surface area (Å²) in [6, 6.07) is 17.5. The highest BCUT2D eigenvalue weighted by Gasteiger charge is 2.27. The third kappa shape index (κ3) is 5.48. The van der Waals surface area contributed by atoms with E-state index in [4.69, 9.17) is 0 Å². The number of aromatic nitrogens is 3. The first-order valence-corrected chi connectivity index (χ1v) is 13.3. The van der Waals surface area contributed by atoms with Gasteiger partial charge < -0.3 is 9.88 Å². The van der Waals surface area contributed by atoms with Gasteiger partial charge in [-0.05, 0) is 25.5 Å². The van der Waals surface area contributed by atoms with Crippen molar-refractivity contribution < 1.29 is 9.59 Å². The minimum absolute atomic E-state index is 0.0183. The smallest absolute Gasteiger partial charge is 0.233 e. The molecule has 2 aromatic carbocycles.